The van der Waals surface area contributed by atoms with Crippen LogP contribution in [0.3, 0.4) is 0 Å². The number of sulfonamides is 1. The van der Waals surface area contributed by atoms with Gasteiger partial charge in [-0.25, -0.2) is 17.2 Å². The number of benzene rings is 2. The van der Waals surface area contributed by atoms with Gasteiger partial charge in [-0.05, 0) is 48.9 Å². The van der Waals surface area contributed by atoms with Gasteiger partial charge in [0, 0.05) is 0 Å². The van der Waals surface area contributed by atoms with Crippen molar-refractivity contribution in [3.05, 3.63) is 59.2 Å². The summed E-state index contributed by atoms with van der Waals surface area (Å²) in [7, 11) is -4.00. The molecular weight excluding hydrogens is 298 g/mol. The van der Waals surface area contributed by atoms with E-state index in [0.29, 0.717) is 0 Å². The molecule has 0 aliphatic carbocycles. The van der Waals surface area contributed by atoms with E-state index in [1.165, 1.54) is 6.92 Å². The summed E-state index contributed by atoms with van der Waals surface area (Å²) < 4.78 is 52.8. The first kappa shape index (κ1) is 14.9. The van der Waals surface area contributed by atoms with Crippen molar-refractivity contribution in [1.29, 1.82) is 5.26 Å². The summed E-state index contributed by atoms with van der Waals surface area (Å²) in [4.78, 5) is -0.114. The Labute approximate surface area is 120 Å². The predicted octanol–water partition coefficient (Wildman–Crippen LogP) is 2.95. The van der Waals surface area contributed by atoms with Crippen LogP contribution in [0.4, 0.5) is 14.5 Å². The van der Waals surface area contributed by atoms with Crippen LogP contribution in [0.15, 0.2) is 41.3 Å². The summed E-state index contributed by atoms with van der Waals surface area (Å²) in [5.74, 6) is -1.20. The standard InChI is InChI=1S/C14H10F2N2O2S/c1-9-6-11(15)3-5-14(9)21(19,20)18-13-4-2-12(16)7-10(13)8-17/h2-7,18H,1H3. The fourth-order valence-electron chi connectivity index (χ4n) is 1.81. The first-order valence-corrected chi connectivity index (χ1v) is 7.30. The maximum Gasteiger partial charge on any atom is 0.262 e. The van der Waals surface area contributed by atoms with E-state index < -0.39 is 21.7 Å². The lowest BCUT2D eigenvalue weighted by molar-refractivity contribution is 0.598. The Balaban J connectivity index is 2.45. The molecule has 0 spiro atoms. The van der Waals surface area contributed by atoms with Crippen molar-refractivity contribution in [2.45, 2.75) is 11.8 Å². The smallest absolute Gasteiger partial charge is 0.262 e. The maximum absolute atomic E-state index is 13.0. The summed E-state index contributed by atoms with van der Waals surface area (Å²) in [6.07, 6.45) is 0. The summed E-state index contributed by atoms with van der Waals surface area (Å²) in [6, 6.07) is 8.07. The molecule has 0 aromatic heterocycles. The molecule has 108 valence electrons. The molecule has 0 amide bonds. The number of halogens is 2. The summed E-state index contributed by atoms with van der Waals surface area (Å²) in [5, 5.41) is 8.90. The number of aryl methyl sites for hydroxylation is 1. The van der Waals surface area contributed by atoms with Gasteiger partial charge in [-0.3, -0.25) is 4.72 Å². The highest BCUT2D eigenvalue weighted by Gasteiger charge is 2.19. The minimum Gasteiger partial charge on any atom is -0.278 e. The minimum absolute atomic E-state index is 0.0392. The average Bonchev–Trinajstić information content (AvgIpc) is 2.40. The molecule has 4 nitrogen and oxygen atoms in total. The van der Waals surface area contributed by atoms with Gasteiger partial charge in [-0.1, -0.05) is 0 Å². The molecule has 1 N–H and O–H groups in total. The van der Waals surface area contributed by atoms with Crippen molar-refractivity contribution in [3.8, 4) is 6.07 Å². The fraction of sp³-hybridized carbons (Fsp3) is 0.0714. The van der Waals surface area contributed by atoms with E-state index in [9.17, 15) is 17.2 Å². The maximum atomic E-state index is 13.0. The topological polar surface area (TPSA) is 70.0 Å². The Hall–Kier alpha value is -2.46. The van der Waals surface area contributed by atoms with E-state index in [4.69, 9.17) is 5.26 Å². The second kappa shape index (κ2) is 5.50. The van der Waals surface area contributed by atoms with E-state index in [1.54, 1.807) is 6.07 Å². The van der Waals surface area contributed by atoms with Gasteiger partial charge in [0.15, 0.2) is 0 Å². The number of hydrogen-bond acceptors (Lipinski definition) is 3. The molecule has 0 radical (unpaired) electrons. The van der Waals surface area contributed by atoms with Crippen LogP contribution in [-0.4, -0.2) is 8.42 Å². The third kappa shape index (κ3) is 3.17. The molecule has 2 aromatic rings. The largest absolute Gasteiger partial charge is 0.278 e. The zero-order chi connectivity index (χ0) is 15.6. The first-order valence-electron chi connectivity index (χ1n) is 5.82. The lowest BCUT2D eigenvalue weighted by atomic mass is 10.2. The Morgan fingerprint density at radius 1 is 1.10 bits per heavy atom. The van der Waals surface area contributed by atoms with Gasteiger partial charge in [0.05, 0.1) is 16.1 Å². The molecule has 2 rings (SSSR count). The van der Waals surface area contributed by atoms with Gasteiger partial charge in [0.1, 0.15) is 17.7 Å². The molecule has 7 heteroatoms. The van der Waals surface area contributed by atoms with Crippen molar-refractivity contribution in [3.63, 3.8) is 0 Å². The third-order valence-electron chi connectivity index (χ3n) is 2.77. The molecule has 0 unspecified atom stereocenters. The first-order chi connectivity index (χ1) is 9.83. The molecule has 0 saturated heterocycles. The van der Waals surface area contributed by atoms with Crippen molar-refractivity contribution in [1.82, 2.24) is 0 Å². The van der Waals surface area contributed by atoms with Crippen LogP contribution in [-0.2, 0) is 10.0 Å². The number of nitrogens with one attached hydrogen (secondary N) is 1. The van der Waals surface area contributed by atoms with Gasteiger partial charge >= 0.3 is 0 Å². The minimum atomic E-state index is -4.00. The quantitative estimate of drug-likeness (QED) is 0.947. The van der Waals surface area contributed by atoms with E-state index in [1.807, 2.05) is 0 Å². The molecular formula is C14H10F2N2O2S. The third-order valence-corrected chi connectivity index (χ3v) is 4.30. The number of nitrogens with zero attached hydrogens (tertiary/aromatic N) is 1. The molecule has 21 heavy (non-hydrogen) atoms. The number of nitriles is 1. The van der Waals surface area contributed by atoms with Gasteiger partial charge in [-0.15, -0.1) is 0 Å². The van der Waals surface area contributed by atoms with Crippen molar-refractivity contribution >= 4 is 15.7 Å². The van der Waals surface area contributed by atoms with Crippen molar-refractivity contribution in [2.24, 2.45) is 0 Å². The second-order valence-electron chi connectivity index (χ2n) is 4.32. The van der Waals surface area contributed by atoms with E-state index in [0.717, 1.165) is 36.4 Å². The highest BCUT2D eigenvalue weighted by atomic mass is 32.2. The zero-order valence-corrected chi connectivity index (χ0v) is 11.7. The highest BCUT2D eigenvalue weighted by Crippen LogP contribution is 2.23. The van der Waals surface area contributed by atoms with Crippen LogP contribution in [0.5, 0.6) is 0 Å². The van der Waals surface area contributed by atoms with Crippen molar-refractivity contribution in [2.75, 3.05) is 4.72 Å². The Kier molecular flexibility index (Phi) is 3.91. The second-order valence-corrected chi connectivity index (χ2v) is 5.97. The average molecular weight is 308 g/mol. The van der Waals surface area contributed by atoms with Gasteiger partial charge in [-0.2, -0.15) is 5.26 Å². The highest BCUT2D eigenvalue weighted by molar-refractivity contribution is 7.92. The van der Waals surface area contributed by atoms with Gasteiger partial charge < -0.3 is 0 Å². The SMILES string of the molecule is Cc1cc(F)ccc1S(=O)(=O)Nc1ccc(F)cc1C#N. The van der Waals surface area contributed by atoms with Crippen LogP contribution < -0.4 is 4.72 Å². The van der Waals surface area contributed by atoms with Crippen LogP contribution in [0.25, 0.3) is 0 Å². The van der Waals surface area contributed by atoms with Crippen molar-refractivity contribution < 1.29 is 17.2 Å². The summed E-state index contributed by atoms with van der Waals surface area (Å²) in [6.45, 7) is 1.45. The summed E-state index contributed by atoms with van der Waals surface area (Å²) in [5.41, 5.74) is 0.0454. The Bertz CT molecular complexity index is 843. The number of hydrogen-bond donors (Lipinski definition) is 1. The molecule has 0 bridgehead atoms. The molecule has 0 fully saturated rings. The molecule has 0 saturated carbocycles. The van der Waals surface area contributed by atoms with E-state index in [2.05, 4.69) is 4.72 Å². The zero-order valence-electron chi connectivity index (χ0n) is 10.9. The fourth-order valence-corrected chi connectivity index (χ4v) is 3.12. The van der Waals surface area contributed by atoms with Crippen LogP contribution >= 0.6 is 0 Å². The normalized spacial score (nSPS) is 11.0. The van der Waals surface area contributed by atoms with Gasteiger partial charge in [0.2, 0.25) is 0 Å². The molecule has 0 atom stereocenters. The lowest BCUT2D eigenvalue weighted by Gasteiger charge is -2.11. The van der Waals surface area contributed by atoms with Crippen LogP contribution in [0.2, 0.25) is 0 Å². The predicted molar refractivity (Wildman–Crippen MR) is 73.1 cm³/mol. The summed E-state index contributed by atoms with van der Waals surface area (Å²) >= 11 is 0. The van der Waals surface area contributed by atoms with E-state index in [-0.39, 0.29) is 21.7 Å². The number of anilines is 1. The number of rotatable bonds is 3. The Morgan fingerprint density at radius 2 is 1.71 bits per heavy atom. The van der Waals surface area contributed by atoms with E-state index >= 15 is 0 Å². The molecule has 0 aliphatic rings. The van der Waals surface area contributed by atoms with Gasteiger partial charge in [0.25, 0.3) is 10.0 Å². The monoisotopic (exact) mass is 308 g/mol. The lowest BCUT2D eigenvalue weighted by Crippen LogP contribution is -2.15. The molecule has 2 aromatic carbocycles. The van der Waals surface area contributed by atoms with Crippen LogP contribution in [0, 0.1) is 29.9 Å². The molecule has 0 aliphatic heterocycles. The van der Waals surface area contributed by atoms with Crippen LogP contribution in [0.1, 0.15) is 11.1 Å². The Morgan fingerprint density at radius 3 is 2.33 bits per heavy atom. The molecule has 0 heterocycles.